The van der Waals surface area contributed by atoms with Gasteiger partial charge in [0.15, 0.2) is 0 Å². The number of halogens is 1. The fourth-order valence-corrected chi connectivity index (χ4v) is 4.19. The van der Waals surface area contributed by atoms with E-state index in [1.165, 1.54) is 0 Å². The molecule has 0 aromatic carbocycles. The monoisotopic (exact) mass is 502 g/mol. The largest absolute Gasteiger partial charge is 0.496 e. The molecule has 0 N–H and O–H groups in total. The smallest absolute Gasteiger partial charge is 0.338 e. The molecule has 2 fully saturated rings. The molecule has 2 aliphatic carbocycles. The molecule has 0 bridgehead atoms. The molecule has 1 unspecified atom stereocenters. The van der Waals surface area contributed by atoms with Crippen LogP contribution in [-0.2, 0) is 23.8 Å². The van der Waals surface area contributed by atoms with Gasteiger partial charge in [-0.15, -0.1) is 0 Å². The van der Waals surface area contributed by atoms with E-state index >= 15 is 0 Å². The van der Waals surface area contributed by atoms with Crippen molar-refractivity contribution in [2.75, 3.05) is 26.1 Å². The first-order valence-electron chi connectivity index (χ1n) is 8.99. The van der Waals surface area contributed by atoms with Crippen LogP contribution in [-0.4, -0.2) is 38.3 Å². The Morgan fingerprint density at radius 3 is 2.81 bits per heavy atom. The van der Waals surface area contributed by atoms with Crippen LogP contribution in [0.1, 0.15) is 26.2 Å². The Kier molecular flexibility index (Phi) is 7.08. The second-order valence-electron chi connectivity index (χ2n) is 6.77. The first-order chi connectivity index (χ1) is 13.1. The van der Waals surface area contributed by atoms with Gasteiger partial charge in [-0.05, 0) is 64.5 Å². The van der Waals surface area contributed by atoms with Gasteiger partial charge in [0.1, 0.15) is 24.4 Å². The van der Waals surface area contributed by atoms with Crippen LogP contribution in [0.25, 0.3) is 0 Å². The Balaban J connectivity index is 2.04. The second-order valence-corrected chi connectivity index (χ2v) is 9.27. The van der Waals surface area contributed by atoms with Crippen LogP contribution < -0.4 is 0 Å². The zero-order valence-electron chi connectivity index (χ0n) is 15.5. The third-order valence-electron chi connectivity index (χ3n) is 4.92. The average Bonchev–Trinajstić information content (AvgIpc) is 3.44. The van der Waals surface area contributed by atoms with Gasteiger partial charge in [0, 0.05) is 17.2 Å². The number of carbonyl (C=O) groups excluding carboxylic acids is 2. The van der Waals surface area contributed by atoms with Gasteiger partial charge in [-0.3, -0.25) is 4.79 Å². The number of aldehydes is 1. The average molecular weight is 502 g/mol. The number of esters is 1. The highest BCUT2D eigenvalue weighted by Gasteiger charge is 2.38. The van der Waals surface area contributed by atoms with Crippen molar-refractivity contribution in [1.29, 1.82) is 0 Å². The van der Waals surface area contributed by atoms with E-state index in [1.807, 2.05) is 19.1 Å². The lowest BCUT2D eigenvalue weighted by Crippen LogP contribution is -2.11. The van der Waals surface area contributed by atoms with Crippen molar-refractivity contribution < 1.29 is 23.8 Å². The number of carbonyl (C=O) groups is 2. The Morgan fingerprint density at radius 1 is 1.41 bits per heavy atom. The number of cyclic esters (lactones) is 1. The van der Waals surface area contributed by atoms with Gasteiger partial charge < -0.3 is 14.2 Å². The van der Waals surface area contributed by atoms with Gasteiger partial charge in [0.2, 0.25) is 0 Å². The lowest BCUT2D eigenvalue weighted by molar-refractivity contribution is -0.135. The highest BCUT2D eigenvalue weighted by molar-refractivity contribution is 14.2. The van der Waals surface area contributed by atoms with Gasteiger partial charge in [0.05, 0.1) is 19.3 Å². The summed E-state index contributed by atoms with van der Waals surface area (Å²) in [5.41, 5.74) is 3.13. The Labute approximate surface area is 175 Å². The predicted molar refractivity (Wildman–Crippen MR) is 113 cm³/mol. The minimum absolute atomic E-state index is 0.139. The highest BCUT2D eigenvalue weighted by atomic mass is 127. The van der Waals surface area contributed by atoms with E-state index < -0.39 is 0 Å². The van der Waals surface area contributed by atoms with Crippen molar-refractivity contribution in [2.24, 2.45) is 11.8 Å². The summed E-state index contributed by atoms with van der Waals surface area (Å²) in [4.78, 5) is 23.9. The molecule has 0 radical (unpaired) electrons. The maximum Gasteiger partial charge on any atom is 0.338 e. The summed E-state index contributed by atoms with van der Waals surface area (Å²) in [5, 5.41) is 0. The third kappa shape index (κ3) is 4.62. The maximum atomic E-state index is 12.4. The van der Waals surface area contributed by atoms with E-state index in [4.69, 9.17) is 14.2 Å². The quantitative estimate of drug-likeness (QED) is 0.154. The number of fused-ring (bicyclic) bond motifs is 1. The topological polar surface area (TPSA) is 61.8 Å². The zero-order chi connectivity index (χ0) is 19.4. The summed E-state index contributed by atoms with van der Waals surface area (Å²) in [6, 6.07) is 0. The molecule has 3 rings (SSSR count). The summed E-state index contributed by atoms with van der Waals surface area (Å²) in [6.45, 7) is 2.77. The molecule has 0 spiro atoms. The molecule has 146 valence electrons. The van der Waals surface area contributed by atoms with Crippen LogP contribution in [0.5, 0.6) is 0 Å². The molecule has 7 heteroatoms. The molecule has 1 saturated carbocycles. The predicted octanol–water partition coefficient (Wildman–Crippen LogP) is 4.30. The van der Waals surface area contributed by atoms with E-state index in [-0.39, 0.29) is 11.9 Å². The Morgan fingerprint density at radius 2 is 2.19 bits per heavy atom. The van der Waals surface area contributed by atoms with Crippen LogP contribution in [0.3, 0.4) is 0 Å². The van der Waals surface area contributed by atoms with Gasteiger partial charge >= 0.3 is 5.97 Å². The highest BCUT2D eigenvalue weighted by Crippen LogP contribution is 2.40. The van der Waals surface area contributed by atoms with Gasteiger partial charge in [-0.25, -0.2) is 4.79 Å². The van der Waals surface area contributed by atoms with E-state index in [9.17, 15) is 9.59 Å². The SMILES string of the molecule is COC1=C(C/C=C(/C=O)C2CC2)C(OCCSI)=C2C(=O)OCC2C=C1C. The summed E-state index contributed by atoms with van der Waals surface area (Å²) in [7, 11) is 3.28. The summed E-state index contributed by atoms with van der Waals surface area (Å²) >= 11 is 2.22. The van der Waals surface area contributed by atoms with Gasteiger partial charge in [0.25, 0.3) is 0 Å². The van der Waals surface area contributed by atoms with Crippen molar-refractivity contribution in [1.82, 2.24) is 0 Å². The molecule has 0 aromatic heterocycles. The minimum atomic E-state index is -0.335. The summed E-state index contributed by atoms with van der Waals surface area (Å²) < 4.78 is 17.1. The van der Waals surface area contributed by atoms with Gasteiger partial charge in [-0.2, -0.15) is 0 Å². The molecule has 1 heterocycles. The van der Waals surface area contributed by atoms with Crippen molar-refractivity contribution in [3.8, 4) is 0 Å². The fraction of sp³-hybridized carbons (Fsp3) is 0.500. The Bertz CT molecular complexity index is 745. The lowest BCUT2D eigenvalue weighted by Gasteiger charge is -2.18. The van der Waals surface area contributed by atoms with E-state index in [1.54, 1.807) is 16.0 Å². The minimum Gasteiger partial charge on any atom is -0.496 e. The molecule has 0 aromatic rings. The molecule has 1 aliphatic heterocycles. The standard InChI is InChI=1S/C20H23IO5S/c1-12-9-15-11-26-20(23)17(15)19(25-7-8-27-21)16(18(12)24-2)6-5-14(10-22)13-3-4-13/h5,9-10,13,15H,3-4,6-8,11H2,1-2H3/b14-5-. The van der Waals surface area contributed by atoms with Crippen LogP contribution in [0.2, 0.25) is 0 Å². The number of hydrogen-bond donors (Lipinski definition) is 0. The molecule has 27 heavy (non-hydrogen) atoms. The van der Waals surface area contributed by atoms with E-state index in [2.05, 4.69) is 21.2 Å². The normalized spacial score (nSPS) is 22.9. The molecular weight excluding hydrogens is 479 g/mol. The van der Waals surface area contributed by atoms with Crippen molar-refractivity contribution in [3.05, 3.63) is 46.0 Å². The number of hydrogen-bond acceptors (Lipinski definition) is 6. The van der Waals surface area contributed by atoms with E-state index in [0.29, 0.717) is 42.6 Å². The van der Waals surface area contributed by atoms with Crippen LogP contribution in [0.15, 0.2) is 46.0 Å². The molecule has 3 aliphatic rings. The summed E-state index contributed by atoms with van der Waals surface area (Å²) in [6.07, 6.45) is 7.50. The fourth-order valence-electron chi connectivity index (χ4n) is 3.51. The van der Waals surface area contributed by atoms with Crippen molar-refractivity contribution in [3.63, 3.8) is 0 Å². The molecule has 0 amide bonds. The van der Waals surface area contributed by atoms with Crippen molar-refractivity contribution >= 4 is 42.4 Å². The van der Waals surface area contributed by atoms with Crippen LogP contribution in [0.4, 0.5) is 0 Å². The molecule has 1 saturated heterocycles. The first-order valence-corrected chi connectivity index (χ1v) is 12.5. The van der Waals surface area contributed by atoms with Crippen molar-refractivity contribution in [2.45, 2.75) is 26.2 Å². The van der Waals surface area contributed by atoms with Gasteiger partial charge in [-0.1, -0.05) is 21.1 Å². The number of allylic oxidation sites excluding steroid dienone is 4. The first kappa shape index (κ1) is 20.5. The number of methoxy groups -OCH3 is 1. The molecule has 5 nitrogen and oxygen atoms in total. The van der Waals surface area contributed by atoms with Crippen LogP contribution >= 0.6 is 30.1 Å². The zero-order valence-corrected chi connectivity index (χ0v) is 18.4. The molecule has 1 atom stereocenters. The summed E-state index contributed by atoms with van der Waals surface area (Å²) in [5.74, 6) is 1.96. The maximum absolute atomic E-state index is 12.4. The third-order valence-corrected chi connectivity index (χ3v) is 6.57. The second kappa shape index (κ2) is 9.32. The Hall–Kier alpha value is -1.22. The molecular formula is C20H23IO5S. The number of ether oxygens (including phenoxy) is 3. The van der Waals surface area contributed by atoms with Crippen LogP contribution in [0, 0.1) is 11.8 Å². The number of rotatable bonds is 9. The van der Waals surface area contributed by atoms with E-state index in [0.717, 1.165) is 41.6 Å². The lowest BCUT2D eigenvalue weighted by atomic mass is 9.97.